The second kappa shape index (κ2) is 4.62. The van der Waals surface area contributed by atoms with Crippen LogP contribution >= 0.6 is 0 Å². The number of benzene rings is 1. The summed E-state index contributed by atoms with van der Waals surface area (Å²) in [7, 11) is 0. The Morgan fingerprint density at radius 2 is 2.31 bits per heavy atom. The fourth-order valence-corrected chi connectivity index (χ4v) is 1.06. The number of hydrogen-bond acceptors (Lipinski definition) is 2. The van der Waals surface area contributed by atoms with Gasteiger partial charge in [-0.2, -0.15) is 0 Å². The number of carbonyl (C=O) groups is 1. The van der Waals surface area contributed by atoms with E-state index in [4.69, 9.17) is 9.84 Å². The van der Waals surface area contributed by atoms with Crippen molar-refractivity contribution >= 4 is 5.97 Å². The standard InChI is InChI=1S/C10H12O3/c1-8-3-2-4-9(5-8)6-13-7-10(11)12/h2-5H,6-7H2,1H3,(H,11,12). The molecule has 0 radical (unpaired) electrons. The lowest BCUT2D eigenvalue weighted by Gasteiger charge is -2.01. The zero-order valence-corrected chi connectivity index (χ0v) is 7.49. The predicted molar refractivity (Wildman–Crippen MR) is 48.5 cm³/mol. The van der Waals surface area contributed by atoms with Crippen molar-refractivity contribution in [3.63, 3.8) is 0 Å². The Morgan fingerprint density at radius 1 is 1.54 bits per heavy atom. The smallest absolute Gasteiger partial charge is 0.329 e. The second-order valence-corrected chi connectivity index (χ2v) is 2.88. The van der Waals surface area contributed by atoms with Gasteiger partial charge in [-0.25, -0.2) is 4.79 Å². The molecule has 0 aliphatic heterocycles. The minimum Gasteiger partial charge on any atom is -0.480 e. The predicted octanol–water partition coefficient (Wildman–Crippen LogP) is 1.60. The lowest BCUT2D eigenvalue weighted by molar-refractivity contribution is -0.142. The summed E-state index contributed by atoms with van der Waals surface area (Å²) in [6.07, 6.45) is 0. The number of rotatable bonds is 4. The molecule has 13 heavy (non-hydrogen) atoms. The lowest BCUT2D eigenvalue weighted by atomic mass is 10.1. The van der Waals surface area contributed by atoms with Crippen LogP contribution in [0.5, 0.6) is 0 Å². The van der Waals surface area contributed by atoms with E-state index in [1.165, 1.54) is 0 Å². The monoisotopic (exact) mass is 180 g/mol. The van der Waals surface area contributed by atoms with Crippen molar-refractivity contribution < 1.29 is 14.6 Å². The average molecular weight is 180 g/mol. The molecule has 0 heterocycles. The van der Waals surface area contributed by atoms with Crippen molar-refractivity contribution in [2.45, 2.75) is 13.5 Å². The van der Waals surface area contributed by atoms with Crippen molar-refractivity contribution in [2.75, 3.05) is 6.61 Å². The van der Waals surface area contributed by atoms with Crippen LogP contribution in [-0.2, 0) is 16.1 Å². The number of carboxylic acids is 1. The largest absolute Gasteiger partial charge is 0.480 e. The van der Waals surface area contributed by atoms with Gasteiger partial charge in [-0.1, -0.05) is 29.8 Å². The highest BCUT2D eigenvalue weighted by Crippen LogP contribution is 2.04. The molecule has 3 nitrogen and oxygen atoms in total. The van der Waals surface area contributed by atoms with Crippen LogP contribution in [0.25, 0.3) is 0 Å². The fraction of sp³-hybridized carbons (Fsp3) is 0.300. The maximum atomic E-state index is 10.1. The molecule has 0 aromatic heterocycles. The summed E-state index contributed by atoms with van der Waals surface area (Å²) in [5.41, 5.74) is 2.15. The maximum absolute atomic E-state index is 10.1. The molecule has 0 unspecified atom stereocenters. The third-order valence-corrected chi connectivity index (χ3v) is 1.58. The quantitative estimate of drug-likeness (QED) is 0.765. The summed E-state index contributed by atoms with van der Waals surface area (Å²) >= 11 is 0. The van der Waals surface area contributed by atoms with Gasteiger partial charge in [-0.05, 0) is 12.5 Å². The molecule has 0 aliphatic carbocycles. The maximum Gasteiger partial charge on any atom is 0.329 e. The normalized spacial score (nSPS) is 9.92. The van der Waals surface area contributed by atoms with Crippen LogP contribution in [-0.4, -0.2) is 17.7 Å². The molecule has 0 saturated carbocycles. The lowest BCUT2D eigenvalue weighted by Crippen LogP contribution is -2.06. The summed E-state index contributed by atoms with van der Waals surface area (Å²) in [4.78, 5) is 10.1. The van der Waals surface area contributed by atoms with Gasteiger partial charge >= 0.3 is 5.97 Å². The zero-order valence-electron chi connectivity index (χ0n) is 7.49. The highest BCUT2D eigenvalue weighted by atomic mass is 16.5. The van der Waals surface area contributed by atoms with Gasteiger partial charge in [0.25, 0.3) is 0 Å². The second-order valence-electron chi connectivity index (χ2n) is 2.88. The Kier molecular flexibility index (Phi) is 3.46. The molecule has 1 aromatic carbocycles. The summed E-state index contributed by atoms with van der Waals surface area (Å²) in [6.45, 7) is 2.10. The number of hydrogen-bond donors (Lipinski definition) is 1. The van der Waals surface area contributed by atoms with Crippen LogP contribution in [0.2, 0.25) is 0 Å². The molecule has 0 amide bonds. The highest BCUT2D eigenvalue weighted by molar-refractivity contribution is 5.67. The first-order chi connectivity index (χ1) is 6.18. The van der Waals surface area contributed by atoms with Gasteiger partial charge in [0, 0.05) is 0 Å². The van der Waals surface area contributed by atoms with E-state index in [9.17, 15) is 4.79 Å². The van der Waals surface area contributed by atoms with Crippen LogP contribution in [0.15, 0.2) is 24.3 Å². The molecule has 3 heteroatoms. The van der Waals surface area contributed by atoms with Gasteiger partial charge in [0.05, 0.1) is 6.61 Å². The van der Waals surface area contributed by atoms with E-state index in [1.54, 1.807) is 0 Å². The number of aliphatic carboxylic acids is 1. The van der Waals surface area contributed by atoms with Gasteiger partial charge in [0.15, 0.2) is 0 Å². The Hall–Kier alpha value is -1.35. The van der Waals surface area contributed by atoms with Crippen LogP contribution in [0.4, 0.5) is 0 Å². The van der Waals surface area contributed by atoms with Gasteiger partial charge in [-0.3, -0.25) is 0 Å². The third-order valence-electron chi connectivity index (χ3n) is 1.58. The van der Waals surface area contributed by atoms with Gasteiger partial charge < -0.3 is 9.84 Å². The van der Waals surface area contributed by atoms with E-state index in [2.05, 4.69) is 0 Å². The Labute approximate surface area is 77.0 Å². The van der Waals surface area contributed by atoms with E-state index < -0.39 is 5.97 Å². The van der Waals surface area contributed by atoms with Crippen molar-refractivity contribution in [1.82, 2.24) is 0 Å². The first-order valence-electron chi connectivity index (χ1n) is 4.03. The molecular weight excluding hydrogens is 168 g/mol. The van der Waals surface area contributed by atoms with Crippen molar-refractivity contribution in [2.24, 2.45) is 0 Å². The van der Waals surface area contributed by atoms with E-state index in [1.807, 2.05) is 31.2 Å². The van der Waals surface area contributed by atoms with Gasteiger partial charge in [0.1, 0.15) is 6.61 Å². The molecule has 0 spiro atoms. The molecule has 0 aliphatic rings. The third kappa shape index (κ3) is 3.71. The molecule has 0 fully saturated rings. The summed E-state index contributed by atoms with van der Waals surface area (Å²) < 4.78 is 4.94. The molecule has 0 saturated heterocycles. The van der Waals surface area contributed by atoms with Crippen molar-refractivity contribution in [3.8, 4) is 0 Å². The van der Waals surface area contributed by atoms with Gasteiger partial charge in [-0.15, -0.1) is 0 Å². The first kappa shape index (κ1) is 9.74. The molecule has 70 valence electrons. The summed E-state index contributed by atoms with van der Waals surface area (Å²) in [6, 6.07) is 7.80. The van der Waals surface area contributed by atoms with Crippen LogP contribution in [0, 0.1) is 6.92 Å². The van der Waals surface area contributed by atoms with Crippen LogP contribution < -0.4 is 0 Å². The van der Waals surface area contributed by atoms with Crippen molar-refractivity contribution in [3.05, 3.63) is 35.4 Å². The molecule has 1 N–H and O–H groups in total. The topological polar surface area (TPSA) is 46.5 Å². The zero-order chi connectivity index (χ0) is 9.68. The minimum atomic E-state index is -0.937. The molecule has 1 aromatic rings. The SMILES string of the molecule is Cc1cccc(COCC(=O)O)c1. The number of carboxylic acid groups (broad SMARTS) is 1. The van der Waals surface area contributed by atoms with Crippen LogP contribution in [0.3, 0.4) is 0 Å². The number of ether oxygens (including phenoxy) is 1. The van der Waals surface area contributed by atoms with Crippen LogP contribution in [0.1, 0.15) is 11.1 Å². The Balaban J connectivity index is 2.41. The summed E-state index contributed by atoms with van der Waals surface area (Å²) in [5, 5.41) is 8.32. The molecule has 1 rings (SSSR count). The fourth-order valence-electron chi connectivity index (χ4n) is 1.06. The minimum absolute atomic E-state index is 0.242. The molecule has 0 atom stereocenters. The Morgan fingerprint density at radius 3 is 2.92 bits per heavy atom. The van der Waals surface area contributed by atoms with Crippen molar-refractivity contribution in [1.29, 1.82) is 0 Å². The average Bonchev–Trinajstić information content (AvgIpc) is 2.03. The van der Waals surface area contributed by atoms with Gasteiger partial charge in [0.2, 0.25) is 0 Å². The highest BCUT2D eigenvalue weighted by Gasteiger charge is 1.97. The molecule has 0 bridgehead atoms. The first-order valence-corrected chi connectivity index (χ1v) is 4.03. The van der Waals surface area contributed by atoms with E-state index in [-0.39, 0.29) is 6.61 Å². The van der Waals surface area contributed by atoms with E-state index >= 15 is 0 Å². The van der Waals surface area contributed by atoms with E-state index in [0.717, 1.165) is 11.1 Å². The number of aryl methyl sites for hydroxylation is 1. The Bertz CT molecular complexity index is 294. The molecular formula is C10H12O3. The van der Waals surface area contributed by atoms with E-state index in [0.29, 0.717) is 6.61 Å². The summed E-state index contributed by atoms with van der Waals surface area (Å²) in [5.74, 6) is -0.937.